The maximum absolute atomic E-state index is 4.69. The minimum Gasteiger partial charge on any atom is -0.0999 e. The highest BCUT2D eigenvalue weighted by molar-refractivity contribution is 5.47. The van der Waals surface area contributed by atoms with E-state index in [2.05, 4.69) is 54.4 Å². The Kier molecular flexibility index (Phi) is 7.73. The molecular formula is C32H52. The molecule has 0 aromatic carbocycles. The van der Waals surface area contributed by atoms with Crippen molar-refractivity contribution in [3.05, 3.63) is 47.6 Å². The number of hydrogen-bond donors (Lipinski definition) is 0. The number of fused-ring (bicyclic) bond motifs is 4. The van der Waals surface area contributed by atoms with Crippen LogP contribution in [0.1, 0.15) is 113 Å². The molecule has 0 spiro atoms. The zero-order chi connectivity index (χ0) is 23.8. The van der Waals surface area contributed by atoms with Gasteiger partial charge in [-0.2, -0.15) is 0 Å². The van der Waals surface area contributed by atoms with E-state index in [1.54, 1.807) is 5.57 Å². The van der Waals surface area contributed by atoms with Gasteiger partial charge in [-0.15, -0.1) is 0 Å². The van der Waals surface area contributed by atoms with E-state index in [1.165, 1.54) is 80.9 Å². The largest absolute Gasteiger partial charge is 0.0999 e. The monoisotopic (exact) mass is 436 g/mol. The number of allylic oxidation sites excluding steroid dienone is 5. The van der Waals surface area contributed by atoms with Crippen LogP contribution in [0.2, 0.25) is 0 Å². The Morgan fingerprint density at radius 3 is 2.34 bits per heavy atom. The fraction of sp³-hybridized carbons (Fsp3) is 0.750. The molecule has 4 aliphatic rings. The summed E-state index contributed by atoms with van der Waals surface area (Å²) in [5.41, 5.74) is 8.90. The second kappa shape index (κ2) is 9.68. The molecule has 6 unspecified atom stereocenters. The zero-order valence-corrected chi connectivity index (χ0v) is 22.6. The van der Waals surface area contributed by atoms with E-state index in [9.17, 15) is 0 Å². The molecule has 32 heavy (non-hydrogen) atoms. The lowest BCUT2D eigenvalue weighted by atomic mass is 9.49. The van der Waals surface area contributed by atoms with Crippen LogP contribution in [0.15, 0.2) is 47.6 Å². The van der Waals surface area contributed by atoms with E-state index in [0.29, 0.717) is 16.7 Å². The van der Waals surface area contributed by atoms with Crippen LogP contribution in [-0.4, -0.2) is 0 Å². The van der Waals surface area contributed by atoms with Crippen LogP contribution in [0.3, 0.4) is 0 Å². The summed E-state index contributed by atoms with van der Waals surface area (Å²) in [6, 6.07) is 0. The highest BCUT2D eigenvalue weighted by Gasteiger charge is 2.56. The summed E-state index contributed by atoms with van der Waals surface area (Å²) in [6.45, 7) is 29.7. The number of rotatable bonds is 5. The van der Waals surface area contributed by atoms with E-state index in [1.807, 2.05) is 19.4 Å². The summed E-state index contributed by atoms with van der Waals surface area (Å²) in [5.74, 6) is 3.80. The molecule has 0 radical (unpaired) electrons. The third-order valence-corrected chi connectivity index (χ3v) is 10.4. The molecule has 0 heterocycles. The SMILES string of the molecule is C=C1CCC2(C)C3=C(C(=C)CC2C1)C1CCC(C(C)CCC(=C)C(C)C)C1(C)CC3.CC. The second-order valence-electron chi connectivity index (χ2n) is 12.3. The van der Waals surface area contributed by atoms with E-state index in [0.717, 1.165) is 23.7 Å². The second-order valence-corrected chi connectivity index (χ2v) is 12.3. The van der Waals surface area contributed by atoms with Crippen molar-refractivity contribution in [2.75, 3.05) is 0 Å². The first-order valence-corrected chi connectivity index (χ1v) is 13.8. The predicted octanol–water partition coefficient (Wildman–Crippen LogP) is 10.1. The molecule has 0 aromatic rings. The van der Waals surface area contributed by atoms with Crippen molar-refractivity contribution in [3.8, 4) is 0 Å². The molecule has 0 aliphatic heterocycles. The van der Waals surface area contributed by atoms with Gasteiger partial charge in [-0.25, -0.2) is 0 Å². The van der Waals surface area contributed by atoms with Gasteiger partial charge in [-0.05, 0) is 110 Å². The third kappa shape index (κ3) is 4.25. The molecule has 2 fully saturated rings. The molecule has 0 amide bonds. The molecule has 6 atom stereocenters. The molecule has 0 bridgehead atoms. The van der Waals surface area contributed by atoms with Gasteiger partial charge >= 0.3 is 0 Å². The Balaban J connectivity index is 0.00000141. The van der Waals surface area contributed by atoms with Gasteiger partial charge in [0.1, 0.15) is 0 Å². The van der Waals surface area contributed by atoms with Crippen LogP contribution in [0.25, 0.3) is 0 Å². The molecule has 0 saturated heterocycles. The Hall–Kier alpha value is -1.04. The lowest BCUT2D eigenvalue weighted by Gasteiger charge is -2.55. The van der Waals surface area contributed by atoms with E-state index < -0.39 is 0 Å². The van der Waals surface area contributed by atoms with E-state index >= 15 is 0 Å². The minimum absolute atomic E-state index is 0.414. The molecule has 0 heteroatoms. The maximum Gasteiger partial charge on any atom is -0.00729 e. The molecule has 2 saturated carbocycles. The number of hydrogen-bond acceptors (Lipinski definition) is 0. The first-order chi connectivity index (χ1) is 15.1. The topological polar surface area (TPSA) is 0 Å². The minimum atomic E-state index is 0.414. The normalized spacial score (nSPS) is 37.3. The molecule has 4 aliphatic carbocycles. The average Bonchev–Trinajstić information content (AvgIpc) is 3.11. The van der Waals surface area contributed by atoms with Gasteiger partial charge < -0.3 is 0 Å². The first kappa shape index (κ1) is 25.6. The van der Waals surface area contributed by atoms with Crippen molar-refractivity contribution in [1.82, 2.24) is 0 Å². The van der Waals surface area contributed by atoms with E-state index in [4.69, 9.17) is 0 Å². The summed E-state index contributed by atoms with van der Waals surface area (Å²) in [7, 11) is 0. The van der Waals surface area contributed by atoms with Crippen molar-refractivity contribution < 1.29 is 0 Å². The smallest absolute Gasteiger partial charge is 0.00729 e. The van der Waals surface area contributed by atoms with Crippen molar-refractivity contribution in [3.63, 3.8) is 0 Å². The van der Waals surface area contributed by atoms with Crippen molar-refractivity contribution in [2.24, 2.45) is 40.4 Å². The lowest BCUT2D eigenvalue weighted by Crippen LogP contribution is -2.44. The molecular weight excluding hydrogens is 384 g/mol. The van der Waals surface area contributed by atoms with Crippen LogP contribution in [-0.2, 0) is 0 Å². The van der Waals surface area contributed by atoms with Gasteiger partial charge in [0.25, 0.3) is 0 Å². The quantitative estimate of drug-likeness (QED) is 0.376. The van der Waals surface area contributed by atoms with E-state index in [-0.39, 0.29) is 0 Å². The van der Waals surface area contributed by atoms with Crippen LogP contribution in [0.5, 0.6) is 0 Å². The van der Waals surface area contributed by atoms with Gasteiger partial charge in [0.05, 0.1) is 0 Å². The van der Waals surface area contributed by atoms with Crippen molar-refractivity contribution in [1.29, 1.82) is 0 Å². The summed E-state index contributed by atoms with van der Waals surface area (Å²) in [4.78, 5) is 0. The zero-order valence-electron chi connectivity index (χ0n) is 22.6. The van der Waals surface area contributed by atoms with Crippen molar-refractivity contribution in [2.45, 2.75) is 113 Å². The summed E-state index contributed by atoms with van der Waals surface area (Å²) in [5, 5.41) is 0. The van der Waals surface area contributed by atoms with Gasteiger partial charge in [0.15, 0.2) is 0 Å². The molecule has 4 rings (SSSR count). The lowest BCUT2D eigenvalue weighted by molar-refractivity contribution is 0.0826. The molecule has 0 aromatic heterocycles. The van der Waals surface area contributed by atoms with Gasteiger partial charge in [-0.3, -0.25) is 0 Å². The van der Waals surface area contributed by atoms with Gasteiger partial charge in [0, 0.05) is 0 Å². The Bertz CT molecular complexity index is 776. The van der Waals surface area contributed by atoms with Crippen molar-refractivity contribution >= 4 is 0 Å². The predicted molar refractivity (Wildman–Crippen MR) is 143 cm³/mol. The average molecular weight is 437 g/mol. The maximum atomic E-state index is 4.69. The Morgan fingerprint density at radius 1 is 1.00 bits per heavy atom. The highest BCUT2D eigenvalue weighted by atomic mass is 14.6. The Labute approximate surface area is 200 Å². The molecule has 0 N–H and O–H groups in total. The Morgan fingerprint density at radius 2 is 1.69 bits per heavy atom. The summed E-state index contributed by atoms with van der Waals surface area (Å²) in [6.07, 6.45) is 13.1. The fourth-order valence-electron chi connectivity index (χ4n) is 8.15. The first-order valence-electron chi connectivity index (χ1n) is 13.8. The van der Waals surface area contributed by atoms with Crippen LogP contribution in [0, 0.1) is 40.4 Å². The molecule has 180 valence electrons. The van der Waals surface area contributed by atoms with Gasteiger partial charge in [-0.1, -0.05) is 90.5 Å². The van der Waals surface area contributed by atoms with Crippen LogP contribution < -0.4 is 0 Å². The summed E-state index contributed by atoms with van der Waals surface area (Å²) >= 11 is 0. The van der Waals surface area contributed by atoms with Crippen LogP contribution >= 0.6 is 0 Å². The highest BCUT2D eigenvalue weighted by Crippen LogP contribution is 2.67. The fourth-order valence-corrected chi connectivity index (χ4v) is 8.15. The van der Waals surface area contributed by atoms with Crippen LogP contribution in [0.4, 0.5) is 0 Å². The third-order valence-electron chi connectivity index (χ3n) is 10.4. The standard InChI is InChI=1S/C30H46.C2H6/c1-19(2)21(4)9-10-22(5)25-11-12-26-28-23(6)18-24-17-20(3)13-15-29(24,7)27(28)14-16-30(25,26)8;1-2/h19,22,24-26H,3-4,6,9-18H2,1-2,5,7-8H3;1-2H3. The molecule has 0 nitrogen and oxygen atoms in total. The summed E-state index contributed by atoms with van der Waals surface area (Å²) < 4.78 is 0. The van der Waals surface area contributed by atoms with Gasteiger partial charge in [0.2, 0.25) is 0 Å².